The molecule has 0 bridgehead atoms. The third kappa shape index (κ3) is 4.09. The Bertz CT molecular complexity index is 1100. The number of carbonyl (C=O) groups is 1. The number of carbonyl (C=O) groups excluding carboxylic acids is 1. The van der Waals surface area contributed by atoms with E-state index in [1.54, 1.807) is 24.3 Å². The first-order valence-corrected chi connectivity index (χ1v) is 12.8. The van der Waals surface area contributed by atoms with E-state index in [9.17, 15) is 13.2 Å². The van der Waals surface area contributed by atoms with Crippen LogP contribution in [0.3, 0.4) is 0 Å². The monoisotopic (exact) mass is 456 g/mol. The number of hydrogen-bond acceptors (Lipinski definition) is 5. The van der Waals surface area contributed by atoms with Gasteiger partial charge in [-0.1, -0.05) is 12.8 Å². The minimum atomic E-state index is -3.51. The number of benzene rings is 2. The molecular weight excluding hydrogens is 428 g/mol. The first-order valence-electron chi connectivity index (χ1n) is 11.4. The van der Waals surface area contributed by atoms with E-state index in [-0.39, 0.29) is 10.8 Å². The summed E-state index contributed by atoms with van der Waals surface area (Å²) in [6, 6.07) is 11.5. The van der Waals surface area contributed by atoms with Crippen LogP contribution in [0.5, 0.6) is 11.5 Å². The lowest BCUT2D eigenvalue weighted by molar-refractivity contribution is -0.105. The minimum absolute atomic E-state index is 0.219. The molecular formula is C24H28N2O5S. The second-order valence-corrected chi connectivity index (χ2v) is 10.7. The summed E-state index contributed by atoms with van der Waals surface area (Å²) < 4.78 is 39.3. The zero-order valence-electron chi connectivity index (χ0n) is 18.0. The first kappa shape index (κ1) is 21.3. The molecule has 1 spiro atoms. The van der Waals surface area contributed by atoms with Crippen LogP contribution in [0.25, 0.3) is 0 Å². The molecule has 1 N–H and O–H groups in total. The molecule has 1 amide bonds. The van der Waals surface area contributed by atoms with E-state index in [4.69, 9.17) is 9.47 Å². The van der Waals surface area contributed by atoms with Crippen LogP contribution >= 0.6 is 0 Å². The SMILES string of the molecule is O=C(Nc1ccc2c(c1)OC1(CCCCC1)O2)c1ccc(S(=O)(=O)N2CCCCC2)cc1. The van der Waals surface area contributed by atoms with E-state index in [0.717, 1.165) is 44.9 Å². The average molecular weight is 457 g/mol. The standard InChI is InChI=1S/C24H28N2O5S/c27-23(18-7-10-20(11-8-18)32(28,29)26-15-5-2-6-16-26)25-19-9-12-21-22(17-19)31-24(30-21)13-3-1-4-14-24/h7-12,17H,1-6,13-16H2,(H,25,27). The Morgan fingerprint density at radius 2 is 1.50 bits per heavy atom. The van der Waals surface area contributed by atoms with Crippen molar-refractivity contribution >= 4 is 21.6 Å². The van der Waals surface area contributed by atoms with Crippen LogP contribution in [-0.2, 0) is 10.0 Å². The van der Waals surface area contributed by atoms with Crippen molar-refractivity contribution in [2.45, 2.75) is 62.0 Å². The summed E-state index contributed by atoms with van der Waals surface area (Å²) in [6.07, 6.45) is 7.94. The van der Waals surface area contributed by atoms with E-state index in [1.165, 1.54) is 22.9 Å². The summed E-state index contributed by atoms with van der Waals surface area (Å²) in [6.45, 7) is 1.10. The molecule has 3 aliphatic rings. The number of hydrogen-bond donors (Lipinski definition) is 1. The van der Waals surface area contributed by atoms with Gasteiger partial charge < -0.3 is 14.8 Å². The number of anilines is 1. The second kappa shape index (κ2) is 8.41. The molecule has 2 aromatic rings. The van der Waals surface area contributed by atoms with Crippen LogP contribution in [-0.4, -0.2) is 37.5 Å². The van der Waals surface area contributed by atoms with E-state index < -0.39 is 15.8 Å². The summed E-state index contributed by atoms with van der Waals surface area (Å²) in [5.41, 5.74) is 0.999. The highest BCUT2D eigenvalue weighted by Crippen LogP contribution is 2.46. The van der Waals surface area contributed by atoms with Gasteiger partial charge in [0.05, 0.1) is 4.90 Å². The highest BCUT2D eigenvalue weighted by molar-refractivity contribution is 7.89. The van der Waals surface area contributed by atoms with E-state index in [0.29, 0.717) is 35.8 Å². The molecule has 32 heavy (non-hydrogen) atoms. The predicted octanol–water partition coefficient (Wildman–Crippen LogP) is 4.55. The quantitative estimate of drug-likeness (QED) is 0.730. The van der Waals surface area contributed by atoms with Crippen LogP contribution < -0.4 is 14.8 Å². The molecule has 0 aromatic heterocycles. The van der Waals surface area contributed by atoms with Gasteiger partial charge >= 0.3 is 0 Å². The molecule has 0 unspecified atom stereocenters. The van der Waals surface area contributed by atoms with Gasteiger partial charge in [0, 0.05) is 43.2 Å². The number of fused-ring (bicyclic) bond motifs is 1. The highest BCUT2D eigenvalue weighted by Gasteiger charge is 2.42. The van der Waals surface area contributed by atoms with Crippen molar-refractivity contribution in [3.05, 3.63) is 48.0 Å². The van der Waals surface area contributed by atoms with E-state index >= 15 is 0 Å². The summed E-state index contributed by atoms with van der Waals surface area (Å²) in [7, 11) is -3.51. The first-order chi connectivity index (χ1) is 15.5. The van der Waals surface area contributed by atoms with Gasteiger partial charge in [-0.3, -0.25) is 4.79 Å². The summed E-state index contributed by atoms with van der Waals surface area (Å²) in [4.78, 5) is 12.9. The minimum Gasteiger partial charge on any atom is -0.448 e. The molecule has 8 heteroatoms. The normalized spacial score (nSPS) is 20.2. The van der Waals surface area contributed by atoms with Crippen molar-refractivity contribution in [2.75, 3.05) is 18.4 Å². The molecule has 2 heterocycles. The molecule has 0 radical (unpaired) electrons. The maximum atomic E-state index is 12.8. The van der Waals surface area contributed by atoms with Crippen molar-refractivity contribution in [1.82, 2.24) is 4.31 Å². The summed E-state index contributed by atoms with van der Waals surface area (Å²) in [5.74, 6) is 0.488. The van der Waals surface area contributed by atoms with Gasteiger partial charge in [0.2, 0.25) is 10.0 Å². The Balaban J connectivity index is 1.26. The molecule has 1 aliphatic carbocycles. The summed E-state index contributed by atoms with van der Waals surface area (Å²) in [5, 5.41) is 2.87. The van der Waals surface area contributed by atoms with E-state index in [1.807, 2.05) is 6.07 Å². The number of ether oxygens (including phenoxy) is 2. The Morgan fingerprint density at radius 3 is 2.22 bits per heavy atom. The fraction of sp³-hybridized carbons (Fsp3) is 0.458. The molecule has 0 atom stereocenters. The predicted molar refractivity (Wildman–Crippen MR) is 121 cm³/mol. The van der Waals surface area contributed by atoms with Crippen LogP contribution in [0.15, 0.2) is 47.4 Å². The fourth-order valence-corrected chi connectivity index (χ4v) is 6.22. The molecule has 7 nitrogen and oxygen atoms in total. The van der Waals surface area contributed by atoms with Crippen LogP contribution in [0.4, 0.5) is 5.69 Å². The zero-order chi connectivity index (χ0) is 22.2. The van der Waals surface area contributed by atoms with Crippen LogP contribution in [0, 0.1) is 0 Å². The van der Waals surface area contributed by atoms with Gasteiger partial charge in [0.25, 0.3) is 11.7 Å². The number of piperidine rings is 1. The highest BCUT2D eigenvalue weighted by atomic mass is 32.2. The number of sulfonamides is 1. The largest absolute Gasteiger partial charge is 0.448 e. The van der Waals surface area contributed by atoms with Gasteiger partial charge in [-0.05, 0) is 62.1 Å². The van der Waals surface area contributed by atoms with E-state index in [2.05, 4.69) is 5.32 Å². The number of rotatable bonds is 4. The maximum Gasteiger partial charge on any atom is 0.255 e. The lowest BCUT2D eigenvalue weighted by Gasteiger charge is -2.31. The van der Waals surface area contributed by atoms with Gasteiger partial charge in [0.1, 0.15) is 0 Å². The molecule has 170 valence electrons. The Kier molecular flexibility index (Phi) is 5.59. The van der Waals surface area contributed by atoms with Crippen molar-refractivity contribution in [3.8, 4) is 11.5 Å². The molecule has 1 saturated carbocycles. The third-order valence-corrected chi connectivity index (χ3v) is 8.39. The molecule has 1 saturated heterocycles. The van der Waals surface area contributed by atoms with Gasteiger partial charge in [-0.15, -0.1) is 0 Å². The summed E-state index contributed by atoms with van der Waals surface area (Å²) >= 11 is 0. The molecule has 5 rings (SSSR count). The fourth-order valence-electron chi connectivity index (χ4n) is 4.70. The van der Waals surface area contributed by atoms with Crippen molar-refractivity contribution in [3.63, 3.8) is 0 Å². The lowest BCUT2D eigenvalue weighted by atomic mass is 9.94. The average Bonchev–Trinajstić information content (AvgIpc) is 3.16. The Labute approximate surface area is 188 Å². The topological polar surface area (TPSA) is 84.9 Å². The van der Waals surface area contributed by atoms with Gasteiger partial charge in [-0.25, -0.2) is 8.42 Å². The smallest absolute Gasteiger partial charge is 0.255 e. The van der Waals surface area contributed by atoms with Crippen molar-refractivity contribution in [1.29, 1.82) is 0 Å². The van der Waals surface area contributed by atoms with Crippen molar-refractivity contribution in [2.24, 2.45) is 0 Å². The Hall–Kier alpha value is -2.58. The van der Waals surface area contributed by atoms with Gasteiger partial charge in [-0.2, -0.15) is 4.31 Å². The third-order valence-electron chi connectivity index (χ3n) is 6.48. The van der Waals surface area contributed by atoms with Gasteiger partial charge in [0.15, 0.2) is 11.5 Å². The number of nitrogens with one attached hydrogen (secondary N) is 1. The lowest BCUT2D eigenvalue weighted by Crippen LogP contribution is -2.40. The molecule has 2 aromatic carbocycles. The molecule has 2 fully saturated rings. The second-order valence-electron chi connectivity index (χ2n) is 8.78. The van der Waals surface area contributed by atoms with Crippen LogP contribution in [0.2, 0.25) is 0 Å². The number of nitrogens with zero attached hydrogens (tertiary/aromatic N) is 1. The van der Waals surface area contributed by atoms with Crippen LogP contribution in [0.1, 0.15) is 61.7 Å². The number of amides is 1. The maximum absolute atomic E-state index is 12.8. The molecule has 2 aliphatic heterocycles. The van der Waals surface area contributed by atoms with Crippen molar-refractivity contribution < 1.29 is 22.7 Å². The Morgan fingerprint density at radius 1 is 0.844 bits per heavy atom. The zero-order valence-corrected chi connectivity index (χ0v) is 18.8.